The minimum atomic E-state index is -0.0247. The normalized spacial score (nSPS) is 12.3. The largest absolute Gasteiger partial charge is 0.306 e. The van der Waals surface area contributed by atoms with Gasteiger partial charge in [0.1, 0.15) is 0 Å². The lowest BCUT2D eigenvalue weighted by Gasteiger charge is -2.18. The molecule has 0 amide bonds. The first-order valence-corrected chi connectivity index (χ1v) is 6.96. The Bertz CT molecular complexity index is 371. The lowest BCUT2D eigenvalue weighted by Crippen LogP contribution is -2.33. The fourth-order valence-electron chi connectivity index (χ4n) is 1.86. The van der Waals surface area contributed by atoms with Crippen LogP contribution in [0, 0.1) is 11.3 Å². The lowest BCUT2D eigenvalue weighted by molar-refractivity contribution is 0.321. The molecule has 1 aromatic heterocycles. The number of rotatable bonds is 9. The molecule has 1 atom stereocenters. The van der Waals surface area contributed by atoms with E-state index >= 15 is 0 Å². The van der Waals surface area contributed by atoms with Gasteiger partial charge in [0.2, 0.25) is 0 Å². The Hall–Kier alpha value is -1.44. The topological polar surface area (TPSA) is 52.0 Å². The second-order valence-corrected chi connectivity index (χ2v) is 4.83. The summed E-state index contributed by atoms with van der Waals surface area (Å²) in [4.78, 5) is 6.29. The Balaban J connectivity index is 2.20. The Morgan fingerprint density at radius 3 is 2.74 bits per heavy atom. The van der Waals surface area contributed by atoms with E-state index in [0.29, 0.717) is 0 Å². The quantitative estimate of drug-likeness (QED) is 0.736. The van der Waals surface area contributed by atoms with E-state index < -0.39 is 0 Å². The first kappa shape index (κ1) is 15.6. The smallest absolute Gasteiger partial charge is 0.0965 e. The Morgan fingerprint density at radius 1 is 1.37 bits per heavy atom. The molecule has 0 aliphatic carbocycles. The number of pyridine rings is 1. The summed E-state index contributed by atoms with van der Waals surface area (Å²) in [5.74, 6) is 0. The van der Waals surface area contributed by atoms with Crippen molar-refractivity contribution in [3.05, 3.63) is 30.1 Å². The maximum absolute atomic E-state index is 9.04. The highest BCUT2D eigenvalue weighted by atomic mass is 15.1. The van der Waals surface area contributed by atoms with Crippen molar-refractivity contribution in [1.29, 1.82) is 5.26 Å². The molecule has 1 unspecified atom stereocenters. The third kappa shape index (κ3) is 6.90. The van der Waals surface area contributed by atoms with E-state index in [2.05, 4.69) is 47.4 Å². The molecule has 0 radical (unpaired) electrons. The first-order chi connectivity index (χ1) is 9.26. The molecule has 1 heterocycles. The Labute approximate surface area is 116 Å². The fraction of sp³-hybridized carbons (Fsp3) is 0.600. The molecule has 0 saturated heterocycles. The van der Waals surface area contributed by atoms with Crippen LogP contribution in [0.1, 0.15) is 25.3 Å². The number of nitrogens with zero attached hydrogens (tertiary/aromatic N) is 3. The van der Waals surface area contributed by atoms with Crippen molar-refractivity contribution in [3.8, 4) is 6.07 Å². The van der Waals surface area contributed by atoms with Crippen LogP contribution < -0.4 is 5.32 Å². The summed E-state index contributed by atoms with van der Waals surface area (Å²) >= 11 is 0. The number of hydrogen-bond donors (Lipinski definition) is 1. The summed E-state index contributed by atoms with van der Waals surface area (Å²) in [6.45, 7) is 4.98. The molecular weight excluding hydrogens is 236 g/mol. The molecule has 4 heteroatoms. The third-order valence-corrected chi connectivity index (χ3v) is 3.13. The van der Waals surface area contributed by atoms with Crippen LogP contribution in [0.4, 0.5) is 0 Å². The van der Waals surface area contributed by atoms with Gasteiger partial charge in [-0.1, -0.05) is 6.92 Å². The van der Waals surface area contributed by atoms with Crippen LogP contribution in [0.3, 0.4) is 0 Å². The van der Waals surface area contributed by atoms with Crippen LogP contribution in [0.25, 0.3) is 0 Å². The maximum atomic E-state index is 9.04. The van der Waals surface area contributed by atoms with E-state index in [1.54, 1.807) is 0 Å². The summed E-state index contributed by atoms with van der Waals surface area (Å²) in [6, 6.07) is 6.40. The van der Waals surface area contributed by atoms with Crippen molar-refractivity contribution in [3.63, 3.8) is 0 Å². The summed E-state index contributed by atoms with van der Waals surface area (Å²) in [5, 5.41) is 12.3. The van der Waals surface area contributed by atoms with E-state index in [9.17, 15) is 0 Å². The lowest BCUT2D eigenvalue weighted by atomic mass is 10.2. The second kappa shape index (κ2) is 9.48. The van der Waals surface area contributed by atoms with E-state index in [1.807, 2.05) is 12.4 Å². The van der Waals surface area contributed by atoms with Crippen LogP contribution in [-0.4, -0.2) is 42.6 Å². The standard InChI is InChI=1S/C15H24N4/c1-3-8-18-15(13-16)7-12-19(2)11-6-14-4-9-17-10-5-14/h4-5,9-10,15,18H,3,6-8,11-12H2,1-2H3. The average Bonchev–Trinajstić information content (AvgIpc) is 2.46. The molecule has 0 aliphatic rings. The van der Waals surface area contributed by atoms with E-state index in [4.69, 9.17) is 5.26 Å². The van der Waals surface area contributed by atoms with E-state index in [-0.39, 0.29) is 6.04 Å². The number of aromatic nitrogens is 1. The molecule has 0 fully saturated rings. The highest BCUT2D eigenvalue weighted by Crippen LogP contribution is 2.00. The van der Waals surface area contributed by atoms with Crippen molar-refractivity contribution in [1.82, 2.24) is 15.2 Å². The van der Waals surface area contributed by atoms with Gasteiger partial charge >= 0.3 is 0 Å². The van der Waals surface area contributed by atoms with E-state index in [1.165, 1.54) is 5.56 Å². The summed E-state index contributed by atoms with van der Waals surface area (Å²) in [7, 11) is 2.11. The number of hydrogen-bond acceptors (Lipinski definition) is 4. The van der Waals surface area contributed by atoms with Gasteiger partial charge in [-0.15, -0.1) is 0 Å². The van der Waals surface area contributed by atoms with Gasteiger partial charge in [-0.2, -0.15) is 5.26 Å². The SMILES string of the molecule is CCCNC(C#N)CCN(C)CCc1ccncc1. The highest BCUT2D eigenvalue weighted by Gasteiger charge is 2.07. The van der Waals surface area contributed by atoms with Gasteiger partial charge in [0.15, 0.2) is 0 Å². The minimum Gasteiger partial charge on any atom is -0.306 e. The van der Waals surface area contributed by atoms with Crippen LogP contribution in [0.15, 0.2) is 24.5 Å². The molecule has 104 valence electrons. The number of nitrogens with one attached hydrogen (secondary N) is 1. The molecule has 1 N–H and O–H groups in total. The molecule has 1 rings (SSSR count). The predicted octanol–water partition coefficient (Wildman–Crippen LogP) is 1.84. The second-order valence-electron chi connectivity index (χ2n) is 4.83. The molecule has 0 spiro atoms. The van der Waals surface area contributed by atoms with Gasteiger partial charge in [-0.3, -0.25) is 4.98 Å². The van der Waals surface area contributed by atoms with Crippen LogP contribution in [0.5, 0.6) is 0 Å². The molecule has 0 saturated carbocycles. The summed E-state index contributed by atoms with van der Waals surface area (Å²) in [5.41, 5.74) is 1.31. The van der Waals surface area contributed by atoms with Gasteiger partial charge in [-0.05, 0) is 50.6 Å². The van der Waals surface area contributed by atoms with Crippen LogP contribution in [-0.2, 0) is 6.42 Å². The van der Waals surface area contributed by atoms with Gasteiger partial charge < -0.3 is 10.2 Å². The number of nitriles is 1. The first-order valence-electron chi connectivity index (χ1n) is 6.96. The zero-order chi connectivity index (χ0) is 13.9. The van der Waals surface area contributed by atoms with Gasteiger partial charge in [0, 0.05) is 25.5 Å². The Morgan fingerprint density at radius 2 is 2.11 bits per heavy atom. The Kier molecular flexibility index (Phi) is 7.80. The fourth-order valence-corrected chi connectivity index (χ4v) is 1.86. The van der Waals surface area contributed by atoms with Gasteiger partial charge in [0.25, 0.3) is 0 Å². The van der Waals surface area contributed by atoms with Gasteiger partial charge in [-0.25, -0.2) is 0 Å². The number of likely N-dealkylation sites (N-methyl/N-ethyl adjacent to an activating group) is 1. The van der Waals surface area contributed by atoms with E-state index in [0.717, 1.165) is 38.9 Å². The monoisotopic (exact) mass is 260 g/mol. The van der Waals surface area contributed by atoms with Gasteiger partial charge in [0.05, 0.1) is 12.1 Å². The van der Waals surface area contributed by atoms with Crippen molar-refractivity contribution in [2.24, 2.45) is 0 Å². The van der Waals surface area contributed by atoms with Crippen LogP contribution in [0.2, 0.25) is 0 Å². The third-order valence-electron chi connectivity index (χ3n) is 3.13. The molecule has 4 nitrogen and oxygen atoms in total. The summed E-state index contributed by atoms with van der Waals surface area (Å²) in [6.07, 6.45) is 6.63. The van der Waals surface area contributed by atoms with Crippen molar-refractivity contribution in [2.45, 2.75) is 32.2 Å². The van der Waals surface area contributed by atoms with Crippen molar-refractivity contribution >= 4 is 0 Å². The maximum Gasteiger partial charge on any atom is 0.0965 e. The van der Waals surface area contributed by atoms with Crippen molar-refractivity contribution < 1.29 is 0 Å². The zero-order valence-corrected chi connectivity index (χ0v) is 12.0. The van der Waals surface area contributed by atoms with Crippen LogP contribution >= 0.6 is 0 Å². The summed E-state index contributed by atoms with van der Waals surface area (Å²) < 4.78 is 0. The minimum absolute atomic E-state index is 0.0247. The molecule has 19 heavy (non-hydrogen) atoms. The average molecular weight is 260 g/mol. The molecule has 1 aromatic rings. The molecule has 0 bridgehead atoms. The predicted molar refractivity (Wildman–Crippen MR) is 77.7 cm³/mol. The molecule has 0 aromatic carbocycles. The highest BCUT2D eigenvalue weighted by molar-refractivity contribution is 5.09. The van der Waals surface area contributed by atoms with Crippen molar-refractivity contribution in [2.75, 3.05) is 26.7 Å². The molecular formula is C15H24N4. The zero-order valence-electron chi connectivity index (χ0n) is 12.0. The molecule has 0 aliphatic heterocycles.